The number of fused-ring (bicyclic) bond motifs is 1. The molecule has 144 valence electrons. The van der Waals surface area contributed by atoms with Gasteiger partial charge in [-0.15, -0.1) is 0 Å². The summed E-state index contributed by atoms with van der Waals surface area (Å²) >= 11 is 0. The summed E-state index contributed by atoms with van der Waals surface area (Å²) in [6.07, 6.45) is 0. The summed E-state index contributed by atoms with van der Waals surface area (Å²) in [6.45, 7) is 3.73. The highest BCUT2D eigenvalue weighted by Gasteiger charge is 2.38. The number of nitrogens with zero attached hydrogens (tertiary/aromatic N) is 4. The van der Waals surface area contributed by atoms with Crippen molar-refractivity contribution in [2.24, 2.45) is 0 Å². The Bertz CT molecular complexity index is 1000. The number of rotatable bonds is 5. The molecule has 3 rings (SSSR count). The van der Waals surface area contributed by atoms with Gasteiger partial charge in [0, 0.05) is 12.1 Å². The first-order chi connectivity index (χ1) is 12.8. The molecule has 0 spiro atoms. The molecule has 0 saturated carbocycles. The van der Waals surface area contributed by atoms with E-state index in [9.17, 15) is 23.3 Å². The summed E-state index contributed by atoms with van der Waals surface area (Å²) in [5, 5.41) is 15.4. The highest BCUT2D eigenvalue weighted by molar-refractivity contribution is 7.89. The number of benzene rings is 1. The summed E-state index contributed by atoms with van der Waals surface area (Å²) < 4.78 is 33.8. The highest BCUT2D eigenvalue weighted by atomic mass is 32.2. The zero-order valence-corrected chi connectivity index (χ0v) is 15.5. The number of hydrogen-bond donors (Lipinski definition) is 0. The number of hydrogen-bond acceptors (Lipinski definition) is 7. The third kappa shape index (κ3) is 3.43. The van der Waals surface area contributed by atoms with E-state index in [0.717, 1.165) is 6.07 Å². The quantitative estimate of drug-likeness (QED) is 0.428. The van der Waals surface area contributed by atoms with E-state index in [2.05, 4.69) is 5.10 Å². The van der Waals surface area contributed by atoms with Crippen molar-refractivity contribution in [3.05, 3.63) is 51.8 Å². The third-order valence-electron chi connectivity index (χ3n) is 4.24. The van der Waals surface area contributed by atoms with Crippen LogP contribution in [0, 0.1) is 10.1 Å². The lowest BCUT2D eigenvalue weighted by molar-refractivity contribution is -0.387. The minimum Gasteiger partial charge on any atom is -0.461 e. The smallest absolute Gasteiger partial charge is 0.358 e. The molecule has 1 unspecified atom stereocenters. The van der Waals surface area contributed by atoms with Gasteiger partial charge in [-0.1, -0.05) is 12.1 Å². The van der Waals surface area contributed by atoms with Crippen molar-refractivity contribution in [2.75, 3.05) is 6.61 Å². The Morgan fingerprint density at radius 2 is 2.11 bits per heavy atom. The Hall–Kier alpha value is -2.79. The van der Waals surface area contributed by atoms with Crippen LogP contribution >= 0.6 is 0 Å². The minimum absolute atomic E-state index is 0.0536. The van der Waals surface area contributed by atoms with Gasteiger partial charge in [0.25, 0.3) is 15.7 Å². The van der Waals surface area contributed by atoms with Crippen molar-refractivity contribution >= 4 is 21.7 Å². The molecule has 27 heavy (non-hydrogen) atoms. The number of sulfonamides is 1. The molecule has 0 radical (unpaired) electrons. The van der Waals surface area contributed by atoms with E-state index in [1.807, 2.05) is 0 Å². The maximum atomic E-state index is 13.1. The monoisotopic (exact) mass is 394 g/mol. The van der Waals surface area contributed by atoms with Crippen molar-refractivity contribution in [1.29, 1.82) is 0 Å². The predicted octanol–water partition coefficient (Wildman–Crippen LogP) is 1.56. The van der Waals surface area contributed by atoms with Gasteiger partial charge in [0.15, 0.2) is 10.6 Å². The average molecular weight is 394 g/mol. The summed E-state index contributed by atoms with van der Waals surface area (Å²) in [4.78, 5) is 22.0. The summed E-state index contributed by atoms with van der Waals surface area (Å²) in [5.41, 5.74) is 0.137. The minimum atomic E-state index is -4.12. The molecule has 0 bridgehead atoms. The number of para-hydroxylation sites is 1. The standard InChI is InChI=1S/C16H18N4O6S/c1-3-26-16(21)13-8-12-10-19(11(2)9-18(12)17-13)27(24,25)15-7-5-4-6-14(15)20(22)23/h4-8,11H,3,9-10H2,1-2H3. The fourth-order valence-electron chi connectivity index (χ4n) is 2.98. The van der Waals surface area contributed by atoms with Gasteiger partial charge in [0.1, 0.15) is 0 Å². The van der Waals surface area contributed by atoms with Crippen LogP contribution in [0.3, 0.4) is 0 Å². The Labute approximate surface area is 155 Å². The highest BCUT2D eigenvalue weighted by Crippen LogP contribution is 2.31. The number of esters is 1. The molecule has 1 aromatic carbocycles. The maximum Gasteiger partial charge on any atom is 0.358 e. The van der Waals surface area contributed by atoms with Crippen molar-refractivity contribution in [3.63, 3.8) is 0 Å². The van der Waals surface area contributed by atoms with Gasteiger partial charge in [-0.05, 0) is 26.0 Å². The predicted molar refractivity (Wildman–Crippen MR) is 93.5 cm³/mol. The molecule has 11 heteroatoms. The average Bonchev–Trinajstić information content (AvgIpc) is 3.04. The second kappa shape index (κ2) is 7.08. The van der Waals surface area contributed by atoms with Crippen LogP contribution in [0.25, 0.3) is 0 Å². The molecule has 1 aliphatic rings. The number of ether oxygens (including phenoxy) is 1. The number of carbonyl (C=O) groups is 1. The first kappa shape index (κ1) is 19.0. The van der Waals surface area contributed by atoms with E-state index in [0.29, 0.717) is 5.69 Å². The molecule has 2 aromatic rings. The molecule has 0 fully saturated rings. The van der Waals surface area contributed by atoms with Crippen LogP contribution in [-0.4, -0.2) is 46.0 Å². The van der Waals surface area contributed by atoms with Gasteiger partial charge >= 0.3 is 5.97 Å². The largest absolute Gasteiger partial charge is 0.461 e. The van der Waals surface area contributed by atoms with Gasteiger partial charge < -0.3 is 4.74 Å². The topological polar surface area (TPSA) is 125 Å². The first-order valence-corrected chi connectivity index (χ1v) is 9.68. The number of nitro groups is 1. The van der Waals surface area contributed by atoms with Crippen molar-refractivity contribution in [2.45, 2.75) is 37.9 Å². The Morgan fingerprint density at radius 1 is 1.41 bits per heavy atom. The number of aromatic nitrogens is 2. The van der Waals surface area contributed by atoms with Gasteiger partial charge in [-0.3, -0.25) is 14.8 Å². The van der Waals surface area contributed by atoms with Crippen LogP contribution in [0.5, 0.6) is 0 Å². The maximum absolute atomic E-state index is 13.1. The molecule has 0 N–H and O–H groups in total. The van der Waals surface area contributed by atoms with Crippen LogP contribution in [0.15, 0.2) is 35.2 Å². The lowest BCUT2D eigenvalue weighted by Crippen LogP contribution is -2.44. The van der Waals surface area contributed by atoms with Gasteiger partial charge in [-0.25, -0.2) is 13.2 Å². The van der Waals surface area contributed by atoms with E-state index in [1.54, 1.807) is 18.5 Å². The summed E-state index contributed by atoms with van der Waals surface area (Å²) in [5.74, 6) is -0.583. The molecule has 0 aliphatic carbocycles. The normalized spacial score (nSPS) is 17.3. The lowest BCUT2D eigenvalue weighted by Gasteiger charge is -2.32. The van der Waals surface area contributed by atoms with E-state index < -0.39 is 32.6 Å². The fourth-order valence-corrected chi connectivity index (χ4v) is 4.73. The molecular formula is C16H18N4O6S. The lowest BCUT2D eigenvalue weighted by atomic mass is 10.2. The van der Waals surface area contributed by atoms with Crippen molar-refractivity contribution in [1.82, 2.24) is 14.1 Å². The van der Waals surface area contributed by atoms with Crippen molar-refractivity contribution in [3.8, 4) is 0 Å². The zero-order valence-electron chi connectivity index (χ0n) is 14.7. The van der Waals surface area contributed by atoms with E-state index in [1.165, 1.54) is 28.6 Å². The Balaban J connectivity index is 1.97. The Morgan fingerprint density at radius 3 is 2.78 bits per heavy atom. The molecule has 10 nitrogen and oxygen atoms in total. The molecule has 0 saturated heterocycles. The van der Waals surface area contributed by atoms with E-state index in [4.69, 9.17) is 4.74 Å². The second-order valence-corrected chi connectivity index (χ2v) is 7.91. The van der Waals surface area contributed by atoms with Crippen molar-refractivity contribution < 1.29 is 22.9 Å². The van der Waals surface area contributed by atoms with Crippen LogP contribution in [0.2, 0.25) is 0 Å². The van der Waals surface area contributed by atoms with Crippen LogP contribution in [0.4, 0.5) is 5.69 Å². The SMILES string of the molecule is CCOC(=O)c1cc2n(n1)CC(C)N(S(=O)(=O)c1ccccc1[N+](=O)[O-])C2. The van der Waals surface area contributed by atoms with Crippen LogP contribution in [-0.2, 0) is 27.8 Å². The zero-order chi connectivity index (χ0) is 19.8. The fraction of sp³-hybridized carbons (Fsp3) is 0.375. The molecule has 0 amide bonds. The number of carbonyl (C=O) groups excluding carboxylic acids is 1. The Kier molecular flexibility index (Phi) is 4.98. The van der Waals surface area contributed by atoms with Gasteiger partial charge in [0.05, 0.1) is 30.3 Å². The van der Waals surface area contributed by atoms with E-state index >= 15 is 0 Å². The molecular weight excluding hydrogens is 376 g/mol. The second-order valence-electron chi connectivity index (χ2n) is 6.05. The molecule has 1 aliphatic heterocycles. The number of nitro benzene ring substituents is 1. The first-order valence-electron chi connectivity index (χ1n) is 8.24. The molecule has 1 atom stereocenters. The van der Waals surface area contributed by atoms with Crippen LogP contribution in [0.1, 0.15) is 30.0 Å². The summed E-state index contributed by atoms with van der Waals surface area (Å²) in [6, 6.07) is 6.21. The molecule has 1 aromatic heterocycles. The van der Waals surface area contributed by atoms with Gasteiger partial charge in [-0.2, -0.15) is 9.40 Å². The van der Waals surface area contributed by atoms with Crippen LogP contribution < -0.4 is 0 Å². The summed E-state index contributed by atoms with van der Waals surface area (Å²) in [7, 11) is -4.12. The van der Waals surface area contributed by atoms with E-state index in [-0.39, 0.29) is 30.3 Å². The molecule has 2 heterocycles. The third-order valence-corrected chi connectivity index (χ3v) is 6.25. The van der Waals surface area contributed by atoms with Gasteiger partial charge in [0.2, 0.25) is 0 Å².